The highest BCUT2D eigenvalue weighted by Gasteiger charge is 2.27. The molecule has 2 aromatic carbocycles. The smallest absolute Gasteiger partial charge is 0.264 e. The van der Waals surface area contributed by atoms with Crippen LogP contribution < -0.4 is 4.31 Å². The van der Waals surface area contributed by atoms with E-state index >= 15 is 0 Å². The van der Waals surface area contributed by atoms with Crippen LogP contribution in [0.5, 0.6) is 0 Å². The Bertz CT molecular complexity index is 1070. The lowest BCUT2D eigenvalue weighted by atomic mass is 10.1. The van der Waals surface area contributed by atoms with E-state index in [1.807, 2.05) is 6.07 Å². The normalized spacial score (nSPS) is 17.9. The van der Waals surface area contributed by atoms with Crippen LogP contribution in [-0.4, -0.2) is 88.4 Å². The van der Waals surface area contributed by atoms with Crippen molar-refractivity contribution in [3.05, 3.63) is 59.1 Å². The van der Waals surface area contributed by atoms with Gasteiger partial charge >= 0.3 is 0 Å². The van der Waals surface area contributed by atoms with E-state index in [1.165, 1.54) is 55.5 Å². The van der Waals surface area contributed by atoms with Gasteiger partial charge in [0, 0.05) is 46.3 Å². The van der Waals surface area contributed by atoms with E-state index in [9.17, 15) is 13.2 Å². The number of nitrogens with zero attached hydrogens (tertiary/aromatic N) is 4. The molecule has 0 radical (unpaired) electrons. The van der Waals surface area contributed by atoms with Crippen LogP contribution in [0.3, 0.4) is 0 Å². The summed E-state index contributed by atoms with van der Waals surface area (Å²) >= 11 is 6.34. The number of amides is 1. The Morgan fingerprint density at radius 3 is 2.15 bits per heavy atom. The molecule has 0 N–H and O–H groups in total. The van der Waals surface area contributed by atoms with Crippen molar-refractivity contribution in [3.8, 4) is 0 Å². The van der Waals surface area contributed by atoms with Gasteiger partial charge in [-0.05, 0) is 56.3 Å². The number of piperazine rings is 1. The molecule has 0 unspecified atom stereocenters. The van der Waals surface area contributed by atoms with Crippen molar-refractivity contribution in [2.45, 2.75) is 17.7 Å². The lowest BCUT2D eigenvalue weighted by Gasteiger charge is -2.35. The highest BCUT2D eigenvalue weighted by molar-refractivity contribution is 7.92. The fraction of sp³-hybridized carbons (Fsp3) is 0.458. The van der Waals surface area contributed by atoms with Crippen molar-refractivity contribution >= 4 is 33.2 Å². The minimum atomic E-state index is -3.83. The summed E-state index contributed by atoms with van der Waals surface area (Å²) in [6, 6.07) is 13.2. The molecule has 0 aromatic heterocycles. The number of carbonyl (C=O) groups excluding carboxylic acids is 1. The number of sulfonamides is 1. The molecule has 0 spiro atoms. The molecule has 178 valence electrons. The predicted molar refractivity (Wildman–Crippen MR) is 132 cm³/mol. The number of anilines is 1. The summed E-state index contributed by atoms with van der Waals surface area (Å²) in [6.45, 7) is 7.31. The maximum atomic E-state index is 13.2. The molecular weight excluding hydrogens is 460 g/mol. The zero-order chi connectivity index (χ0) is 23.4. The standard InChI is InChI=1S/C24H31ClN4O3S/c1-26(20-7-3-2-4-8-20)33(31,32)21-9-10-23(25)22(19-21)24(30)29-17-15-28(16-18-29)14-13-27-11-5-6-12-27/h2-4,7-10,19H,5-6,11-18H2,1H3. The van der Waals surface area contributed by atoms with Crippen molar-refractivity contribution in [1.82, 2.24) is 14.7 Å². The topological polar surface area (TPSA) is 64.2 Å². The largest absolute Gasteiger partial charge is 0.336 e. The first-order valence-electron chi connectivity index (χ1n) is 11.4. The number of para-hydroxylation sites is 1. The van der Waals surface area contributed by atoms with Crippen LogP contribution in [0, 0.1) is 0 Å². The summed E-state index contributed by atoms with van der Waals surface area (Å²) < 4.78 is 27.5. The third kappa shape index (κ3) is 5.51. The minimum absolute atomic E-state index is 0.0471. The monoisotopic (exact) mass is 490 g/mol. The molecule has 2 aliphatic heterocycles. The van der Waals surface area contributed by atoms with Crippen molar-refractivity contribution in [1.29, 1.82) is 0 Å². The van der Waals surface area contributed by atoms with Crippen LogP contribution in [-0.2, 0) is 10.0 Å². The van der Waals surface area contributed by atoms with Gasteiger partial charge in [0.05, 0.1) is 21.2 Å². The van der Waals surface area contributed by atoms with E-state index < -0.39 is 10.0 Å². The fourth-order valence-corrected chi connectivity index (χ4v) is 5.82. The summed E-state index contributed by atoms with van der Waals surface area (Å²) in [6.07, 6.45) is 2.58. The van der Waals surface area contributed by atoms with E-state index in [0.717, 1.165) is 26.2 Å². The number of likely N-dealkylation sites (tertiary alicyclic amines) is 1. The van der Waals surface area contributed by atoms with E-state index in [2.05, 4.69) is 9.80 Å². The van der Waals surface area contributed by atoms with Crippen molar-refractivity contribution in [3.63, 3.8) is 0 Å². The third-order valence-corrected chi connectivity index (χ3v) is 8.65. The molecule has 2 fully saturated rings. The number of hydrogen-bond acceptors (Lipinski definition) is 5. The minimum Gasteiger partial charge on any atom is -0.336 e. The van der Waals surface area contributed by atoms with Crippen LogP contribution in [0.25, 0.3) is 0 Å². The molecule has 1 amide bonds. The zero-order valence-electron chi connectivity index (χ0n) is 19.0. The maximum Gasteiger partial charge on any atom is 0.264 e. The van der Waals surface area contributed by atoms with Gasteiger partial charge in [0.1, 0.15) is 0 Å². The average molecular weight is 491 g/mol. The second-order valence-corrected chi connectivity index (χ2v) is 11.0. The molecule has 2 saturated heterocycles. The molecule has 7 nitrogen and oxygen atoms in total. The van der Waals surface area contributed by atoms with Crippen molar-refractivity contribution in [2.24, 2.45) is 0 Å². The van der Waals surface area contributed by atoms with Crippen molar-refractivity contribution < 1.29 is 13.2 Å². The second-order valence-electron chi connectivity index (χ2n) is 8.63. The number of halogens is 1. The molecule has 9 heteroatoms. The molecule has 4 rings (SSSR count). The first kappa shape index (κ1) is 24.0. The summed E-state index contributed by atoms with van der Waals surface area (Å²) in [5, 5.41) is 0.262. The molecule has 33 heavy (non-hydrogen) atoms. The highest BCUT2D eigenvalue weighted by Crippen LogP contribution is 2.26. The molecule has 0 bridgehead atoms. The Kier molecular flexibility index (Phi) is 7.58. The summed E-state index contributed by atoms with van der Waals surface area (Å²) in [5.41, 5.74) is 0.773. The molecule has 2 aliphatic rings. The number of rotatable bonds is 7. The molecule has 0 atom stereocenters. The summed E-state index contributed by atoms with van der Waals surface area (Å²) in [7, 11) is -2.33. The number of hydrogen-bond donors (Lipinski definition) is 0. The Labute approximate surface area is 201 Å². The Morgan fingerprint density at radius 2 is 1.52 bits per heavy atom. The van der Waals surface area contributed by atoms with E-state index in [4.69, 9.17) is 11.6 Å². The van der Waals surface area contributed by atoms with Crippen LogP contribution in [0.4, 0.5) is 5.69 Å². The zero-order valence-corrected chi connectivity index (χ0v) is 20.6. The lowest BCUT2D eigenvalue weighted by Crippen LogP contribution is -2.50. The Morgan fingerprint density at radius 1 is 0.909 bits per heavy atom. The van der Waals surface area contributed by atoms with Crippen LogP contribution in [0.1, 0.15) is 23.2 Å². The van der Waals surface area contributed by atoms with Gasteiger partial charge in [-0.3, -0.25) is 14.0 Å². The lowest BCUT2D eigenvalue weighted by molar-refractivity contribution is 0.0626. The second kappa shape index (κ2) is 10.4. The van der Waals surface area contributed by atoms with Crippen LogP contribution in [0.15, 0.2) is 53.4 Å². The molecule has 0 saturated carbocycles. The Balaban J connectivity index is 1.42. The van der Waals surface area contributed by atoms with Gasteiger partial charge in [-0.1, -0.05) is 29.8 Å². The first-order valence-corrected chi connectivity index (χ1v) is 13.3. The average Bonchev–Trinajstić information content (AvgIpc) is 3.36. The quantitative estimate of drug-likeness (QED) is 0.597. The third-order valence-electron chi connectivity index (χ3n) is 6.54. The molecule has 2 aromatic rings. The van der Waals surface area contributed by atoms with Gasteiger partial charge in [-0.25, -0.2) is 8.42 Å². The Hall–Kier alpha value is -2.13. The molecule has 0 aliphatic carbocycles. The van der Waals surface area contributed by atoms with E-state index in [-0.39, 0.29) is 21.4 Å². The SMILES string of the molecule is CN(c1ccccc1)S(=O)(=O)c1ccc(Cl)c(C(=O)N2CCN(CCN3CCCC3)CC2)c1. The number of carbonyl (C=O) groups is 1. The van der Waals surface area contributed by atoms with Crippen LogP contribution in [0.2, 0.25) is 5.02 Å². The van der Waals surface area contributed by atoms with Gasteiger partial charge in [-0.15, -0.1) is 0 Å². The predicted octanol–water partition coefficient (Wildman–Crippen LogP) is 3.02. The van der Waals surface area contributed by atoms with Crippen LogP contribution >= 0.6 is 11.6 Å². The summed E-state index contributed by atoms with van der Waals surface area (Å²) in [5.74, 6) is -0.224. The fourth-order valence-electron chi connectivity index (χ4n) is 4.40. The first-order chi connectivity index (χ1) is 15.9. The summed E-state index contributed by atoms with van der Waals surface area (Å²) in [4.78, 5) is 19.9. The van der Waals surface area contributed by atoms with Gasteiger partial charge < -0.3 is 9.80 Å². The van der Waals surface area contributed by atoms with E-state index in [1.54, 1.807) is 29.2 Å². The van der Waals surface area contributed by atoms with Gasteiger partial charge in [0.25, 0.3) is 15.9 Å². The van der Waals surface area contributed by atoms with Gasteiger partial charge in [-0.2, -0.15) is 0 Å². The molecular formula is C24H31ClN4O3S. The highest BCUT2D eigenvalue weighted by atomic mass is 35.5. The van der Waals surface area contributed by atoms with E-state index in [0.29, 0.717) is 18.8 Å². The van der Waals surface area contributed by atoms with Gasteiger partial charge in [0.15, 0.2) is 0 Å². The maximum absolute atomic E-state index is 13.2. The molecule has 2 heterocycles. The van der Waals surface area contributed by atoms with Gasteiger partial charge in [0.2, 0.25) is 0 Å². The number of benzene rings is 2. The van der Waals surface area contributed by atoms with Crippen molar-refractivity contribution in [2.75, 3.05) is 63.7 Å².